The van der Waals surface area contributed by atoms with E-state index in [4.69, 9.17) is 0 Å². The molecular weight excluding hydrogens is 294 g/mol. The highest BCUT2D eigenvalue weighted by atomic mass is 79.9. The predicted octanol–water partition coefficient (Wildman–Crippen LogP) is 5.07. The highest BCUT2D eigenvalue weighted by Gasteiger charge is 2.32. The van der Waals surface area contributed by atoms with E-state index < -0.39 is 0 Å². The standard InChI is InChI=1S/C14H14BrNS/c15-11-5-7-12(8-6-11)16-14(10-3-4-10)13-2-1-9-17-13/h1-2,5-10,14,16H,3-4H2. The molecule has 1 aliphatic rings. The fourth-order valence-electron chi connectivity index (χ4n) is 2.04. The maximum atomic E-state index is 3.66. The second-order valence-corrected chi connectivity index (χ2v) is 6.38. The first-order valence-corrected chi connectivity index (χ1v) is 7.56. The van der Waals surface area contributed by atoms with Crippen molar-refractivity contribution in [2.75, 3.05) is 5.32 Å². The average Bonchev–Trinajstić information content (AvgIpc) is 3.03. The van der Waals surface area contributed by atoms with E-state index in [1.54, 1.807) is 0 Å². The normalized spacial score (nSPS) is 16.8. The van der Waals surface area contributed by atoms with Gasteiger partial charge in [0.15, 0.2) is 0 Å². The van der Waals surface area contributed by atoms with Gasteiger partial charge in [0.1, 0.15) is 0 Å². The number of hydrogen-bond acceptors (Lipinski definition) is 2. The number of thiophene rings is 1. The third-order valence-electron chi connectivity index (χ3n) is 3.11. The van der Waals surface area contributed by atoms with Gasteiger partial charge < -0.3 is 5.32 Å². The van der Waals surface area contributed by atoms with Crippen LogP contribution in [0.15, 0.2) is 46.3 Å². The number of anilines is 1. The lowest BCUT2D eigenvalue weighted by atomic mass is 10.1. The fraction of sp³-hybridized carbons (Fsp3) is 0.286. The number of hydrogen-bond donors (Lipinski definition) is 1. The summed E-state index contributed by atoms with van der Waals surface area (Å²) in [6.45, 7) is 0. The summed E-state index contributed by atoms with van der Waals surface area (Å²) in [5.41, 5.74) is 1.21. The van der Waals surface area contributed by atoms with Gasteiger partial charge in [-0.3, -0.25) is 0 Å². The molecule has 1 unspecified atom stereocenters. The Morgan fingerprint density at radius 3 is 2.53 bits per heavy atom. The fourth-order valence-corrected chi connectivity index (χ4v) is 3.18. The molecule has 88 valence electrons. The van der Waals surface area contributed by atoms with Crippen LogP contribution in [0.3, 0.4) is 0 Å². The highest BCUT2D eigenvalue weighted by molar-refractivity contribution is 9.10. The van der Waals surface area contributed by atoms with Crippen LogP contribution in [0.4, 0.5) is 5.69 Å². The summed E-state index contributed by atoms with van der Waals surface area (Å²) in [6, 6.07) is 13.3. The highest BCUT2D eigenvalue weighted by Crippen LogP contribution is 2.44. The Labute approximate surface area is 114 Å². The summed E-state index contributed by atoms with van der Waals surface area (Å²) in [5.74, 6) is 0.817. The van der Waals surface area contributed by atoms with E-state index in [2.05, 4.69) is 63.0 Å². The van der Waals surface area contributed by atoms with E-state index >= 15 is 0 Å². The Kier molecular flexibility index (Phi) is 3.21. The molecule has 0 aliphatic heterocycles. The topological polar surface area (TPSA) is 12.0 Å². The molecule has 3 heteroatoms. The Bertz CT molecular complexity index is 473. The Balaban J connectivity index is 1.79. The van der Waals surface area contributed by atoms with Crippen LogP contribution in [-0.4, -0.2) is 0 Å². The molecule has 1 saturated carbocycles. The van der Waals surface area contributed by atoms with Crippen LogP contribution < -0.4 is 5.32 Å². The summed E-state index contributed by atoms with van der Waals surface area (Å²) < 4.78 is 1.13. The zero-order chi connectivity index (χ0) is 11.7. The van der Waals surface area contributed by atoms with E-state index in [0.717, 1.165) is 10.4 Å². The molecule has 1 aliphatic carbocycles. The van der Waals surface area contributed by atoms with E-state index in [-0.39, 0.29) is 0 Å². The Morgan fingerprint density at radius 1 is 1.18 bits per heavy atom. The van der Waals surface area contributed by atoms with E-state index in [9.17, 15) is 0 Å². The molecule has 0 saturated heterocycles. The minimum Gasteiger partial charge on any atom is -0.377 e. The van der Waals surface area contributed by atoms with Gasteiger partial charge in [0.05, 0.1) is 6.04 Å². The van der Waals surface area contributed by atoms with Crippen LogP contribution in [0.25, 0.3) is 0 Å². The minimum absolute atomic E-state index is 0.496. The van der Waals surface area contributed by atoms with Crippen LogP contribution in [0, 0.1) is 5.92 Å². The maximum absolute atomic E-state index is 3.66. The summed E-state index contributed by atoms with van der Waals surface area (Å²) in [6.07, 6.45) is 2.71. The lowest BCUT2D eigenvalue weighted by molar-refractivity contribution is 0.691. The van der Waals surface area contributed by atoms with Gasteiger partial charge in [-0.25, -0.2) is 0 Å². The molecule has 1 atom stereocenters. The Morgan fingerprint density at radius 2 is 1.94 bits per heavy atom. The second kappa shape index (κ2) is 4.83. The van der Waals surface area contributed by atoms with Gasteiger partial charge in [0, 0.05) is 15.0 Å². The molecule has 1 fully saturated rings. The molecule has 0 bridgehead atoms. The van der Waals surface area contributed by atoms with Crippen molar-refractivity contribution in [3.63, 3.8) is 0 Å². The van der Waals surface area contributed by atoms with Gasteiger partial charge in [-0.2, -0.15) is 0 Å². The largest absolute Gasteiger partial charge is 0.377 e. The third kappa shape index (κ3) is 2.72. The lowest BCUT2D eigenvalue weighted by Crippen LogP contribution is -2.11. The first-order valence-electron chi connectivity index (χ1n) is 5.88. The SMILES string of the molecule is Brc1ccc(NC(c2cccs2)C2CC2)cc1. The first-order chi connectivity index (χ1) is 8.33. The quantitative estimate of drug-likeness (QED) is 0.831. The molecule has 0 spiro atoms. The van der Waals surface area contributed by atoms with Crippen LogP contribution >= 0.6 is 27.3 Å². The monoisotopic (exact) mass is 307 g/mol. The second-order valence-electron chi connectivity index (χ2n) is 4.48. The predicted molar refractivity (Wildman–Crippen MR) is 77.5 cm³/mol. The number of halogens is 1. The summed E-state index contributed by atoms with van der Waals surface area (Å²) in [4.78, 5) is 1.45. The van der Waals surface area contributed by atoms with Gasteiger partial charge in [0.25, 0.3) is 0 Å². The minimum atomic E-state index is 0.496. The van der Waals surface area contributed by atoms with Gasteiger partial charge in [-0.05, 0) is 54.5 Å². The van der Waals surface area contributed by atoms with Crippen molar-refractivity contribution in [2.24, 2.45) is 5.92 Å². The molecule has 17 heavy (non-hydrogen) atoms. The maximum Gasteiger partial charge on any atom is 0.0634 e. The number of rotatable bonds is 4. The first kappa shape index (κ1) is 11.3. The molecule has 0 amide bonds. The lowest BCUT2D eigenvalue weighted by Gasteiger charge is -2.18. The zero-order valence-electron chi connectivity index (χ0n) is 9.40. The molecule has 2 aromatic rings. The van der Waals surface area contributed by atoms with Crippen molar-refractivity contribution in [3.8, 4) is 0 Å². The molecule has 0 radical (unpaired) electrons. The van der Waals surface area contributed by atoms with Crippen molar-refractivity contribution in [2.45, 2.75) is 18.9 Å². The molecule has 1 heterocycles. The van der Waals surface area contributed by atoms with Crippen molar-refractivity contribution in [1.82, 2.24) is 0 Å². The van der Waals surface area contributed by atoms with Gasteiger partial charge in [0.2, 0.25) is 0 Å². The summed E-state index contributed by atoms with van der Waals surface area (Å²) in [7, 11) is 0. The Hall–Kier alpha value is -0.800. The molecule has 1 aromatic carbocycles. The van der Waals surface area contributed by atoms with Crippen LogP contribution in [0.1, 0.15) is 23.8 Å². The van der Waals surface area contributed by atoms with Crippen LogP contribution in [-0.2, 0) is 0 Å². The van der Waals surface area contributed by atoms with E-state index in [1.165, 1.54) is 23.4 Å². The van der Waals surface area contributed by atoms with E-state index in [1.807, 2.05) is 11.3 Å². The van der Waals surface area contributed by atoms with Crippen LogP contribution in [0.2, 0.25) is 0 Å². The molecule has 1 aromatic heterocycles. The van der Waals surface area contributed by atoms with Crippen LogP contribution in [0.5, 0.6) is 0 Å². The average molecular weight is 308 g/mol. The zero-order valence-corrected chi connectivity index (χ0v) is 11.8. The smallest absolute Gasteiger partial charge is 0.0634 e. The summed E-state index contributed by atoms with van der Waals surface area (Å²) in [5, 5.41) is 5.82. The number of nitrogens with one attached hydrogen (secondary N) is 1. The van der Waals surface area contributed by atoms with Crippen molar-refractivity contribution in [3.05, 3.63) is 51.1 Å². The van der Waals surface area contributed by atoms with Crippen molar-refractivity contribution >= 4 is 33.0 Å². The third-order valence-corrected chi connectivity index (χ3v) is 4.59. The van der Waals surface area contributed by atoms with Gasteiger partial charge >= 0.3 is 0 Å². The molecule has 3 rings (SSSR count). The van der Waals surface area contributed by atoms with Crippen molar-refractivity contribution in [1.29, 1.82) is 0 Å². The molecular formula is C14H14BrNS. The van der Waals surface area contributed by atoms with E-state index in [0.29, 0.717) is 6.04 Å². The molecule has 1 N–H and O–H groups in total. The van der Waals surface area contributed by atoms with Gasteiger partial charge in [-0.15, -0.1) is 11.3 Å². The number of benzene rings is 1. The van der Waals surface area contributed by atoms with Crippen molar-refractivity contribution < 1.29 is 0 Å². The summed E-state index contributed by atoms with van der Waals surface area (Å²) >= 11 is 5.32. The molecule has 1 nitrogen and oxygen atoms in total. The van der Waals surface area contributed by atoms with Gasteiger partial charge in [-0.1, -0.05) is 22.0 Å².